The van der Waals surface area contributed by atoms with Gasteiger partial charge in [0.25, 0.3) is 0 Å². The SMILES string of the molecule is CC/C=C\C/C=C\C/C=C\C/C=C\C/C=C\CCCC(=O)OC(COC(=O)CCCCCCCCC)COC(=O)CCCCCCCCCCCCCC/C=C\C/C=C\C/C=C\CCCCCCC. The molecule has 69 heavy (non-hydrogen) atoms. The van der Waals surface area contributed by atoms with Gasteiger partial charge in [0.05, 0.1) is 0 Å². The lowest BCUT2D eigenvalue weighted by Gasteiger charge is -2.18. The molecule has 0 spiro atoms. The summed E-state index contributed by atoms with van der Waals surface area (Å²) in [6.45, 7) is 6.42. The fourth-order valence-corrected chi connectivity index (χ4v) is 7.78. The second-order valence-corrected chi connectivity index (χ2v) is 18.8. The molecule has 0 bridgehead atoms. The summed E-state index contributed by atoms with van der Waals surface area (Å²) in [6.07, 6.45) is 75.8. The average molecular weight is 960 g/mol. The highest BCUT2D eigenvalue weighted by atomic mass is 16.6. The number of esters is 3. The molecule has 0 aliphatic heterocycles. The first-order valence-corrected chi connectivity index (χ1v) is 28.7. The Kier molecular flexibility index (Phi) is 53.9. The van der Waals surface area contributed by atoms with Crippen molar-refractivity contribution in [1.82, 2.24) is 0 Å². The number of unbranched alkanes of at least 4 members (excludes halogenated alkanes) is 24. The van der Waals surface area contributed by atoms with Crippen LogP contribution < -0.4 is 0 Å². The highest BCUT2D eigenvalue weighted by Crippen LogP contribution is 2.15. The molecule has 0 saturated carbocycles. The van der Waals surface area contributed by atoms with Crippen molar-refractivity contribution in [2.75, 3.05) is 13.2 Å². The summed E-state index contributed by atoms with van der Waals surface area (Å²) < 4.78 is 16.7. The molecule has 1 unspecified atom stereocenters. The fraction of sp³-hybridized carbons (Fsp3) is 0.698. The second kappa shape index (κ2) is 56.9. The fourth-order valence-electron chi connectivity index (χ4n) is 7.78. The van der Waals surface area contributed by atoms with Crippen molar-refractivity contribution >= 4 is 17.9 Å². The number of hydrogen-bond acceptors (Lipinski definition) is 6. The zero-order valence-corrected chi connectivity index (χ0v) is 45.0. The van der Waals surface area contributed by atoms with E-state index in [-0.39, 0.29) is 37.5 Å². The molecule has 0 saturated heterocycles. The normalized spacial score (nSPS) is 12.8. The molecule has 0 aromatic heterocycles. The van der Waals surface area contributed by atoms with Crippen molar-refractivity contribution in [3.05, 3.63) is 97.2 Å². The summed E-state index contributed by atoms with van der Waals surface area (Å²) in [5.74, 6) is -0.967. The minimum Gasteiger partial charge on any atom is -0.462 e. The zero-order chi connectivity index (χ0) is 50.0. The Morgan fingerprint density at radius 3 is 0.928 bits per heavy atom. The average Bonchev–Trinajstić information content (AvgIpc) is 3.35. The maximum Gasteiger partial charge on any atom is 0.306 e. The van der Waals surface area contributed by atoms with Gasteiger partial charge >= 0.3 is 17.9 Å². The summed E-state index contributed by atoms with van der Waals surface area (Å²) in [4.78, 5) is 37.9. The highest BCUT2D eigenvalue weighted by Gasteiger charge is 2.19. The lowest BCUT2D eigenvalue weighted by molar-refractivity contribution is -0.167. The molecule has 0 fully saturated rings. The third kappa shape index (κ3) is 55.1. The third-order valence-electron chi connectivity index (χ3n) is 12.1. The van der Waals surface area contributed by atoms with Gasteiger partial charge in [-0.05, 0) is 96.3 Å². The predicted molar refractivity (Wildman–Crippen MR) is 297 cm³/mol. The molecule has 6 heteroatoms. The minimum atomic E-state index is -0.805. The summed E-state index contributed by atoms with van der Waals surface area (Å²) in [5, 5.41) is 0. The molecule has 0 aromatic carbocycles. The summed E-state index contributed by atoms with van der Waals surface area (Å²) in [6, 6.07) is 0. The maximum absolute atomic E-state index is 12.8. The van der Waals surface area contributed by atoms with Crippen LogP contribution in [0.25, 0.3) is 0 Å². The van der Waals surface area contributed by atoms with Crippen LogP contribution in [0.3, 0.4) is 0 Å². The smallest absolute Gasteiger partial charge is 0.306 e. The summed E-state index contributed by atoms with van der Waals surface area (Å²) >= 11 is 0. The van der Waals surface area contributed by atoms with Crippen LogP contribution in [0.4, 0.5) is 0 Å². The number of allylic oxidation sites excluding steroid dienone is 16. The topological polar surface area (TPSA) is 78.9 Å². The third-order valence-corrected chi connectivity index (χ3v) is 12.1. The second-order valence-electron chi connectivity index (χ2n) is 18.8. The van der Waals surface area contributed by atoms with Crippen LogP contribution in [-0.4, -0.2) is 37.2 Å². The molecule has 0 heterocycles. The van der Waals surface area contributed by atoms with Gasteiger partial charge in [-0.15, -0.1) is 0 Å². The Morgan fingerprint density at radius 2 is 0.580 bits per heavy atom. The summed E-state index contributed by atoms with van der Waals surface area (Å²) in [5.41, 5.74) is 0. The van der Waals surface area contributed by atoms with Gasteiger partial charge in [0.2, 0.25) is 0 Å². The molecule has 0 aliphatic rings. The predicted octanol–water partition coefficient (Wildman–Crippen LogP) is 19.3. The Balaban J connectivity index is 4.21. The van der Waals surface area contributed by atoms with Crippen molar-refractivity contribution in [2.24, 2.45) is 0 Å². The number of ether oxygens (including phenoxy) is 3. The van der Waals surface area contributed by atoms with Gasteiger partial charge in [0.15, 0.2) is 6.10 Å². The van der Waals surface area contributed by atoms with E-state index in [0.29, 0.717) is 19.3 Å². The van der Waals surface area contributed by atoms with Crippen LogP contribution in [0.1, 0.15) is 265 Å². The number of carbonyl (C=O) groups is 3. The van der Waals surface area contributed by atoms with Crippen LogP contribution in [0.15, 0.2) is 97.2 Å². The van der Waals surface area contributed by atoms with Crippen LogP contribution in [0.2, 0.25) is 0 Å². The van der Waals surface area contributed by atoms with E-state index in [9.17, 15) is 14.4 Å². The quantitative estimate of drug-likeness (QED) is 0.0262. The van der Waals surface area contributed by atoms with E-state index in [2.05, 4.69) is 118 Å². The van der Waals surface area contributed by atoms with Crippen LogP contribution in [-0.2, 0) is 28.6 Å². The first kappa shape index (κ1) is 65.3. The first-order chi connectivity index (χ1) is 34.0. The lowest BCUT2D eigenvalue weighted by atomic mass is 10.0. The van der Waals surface area contributed by atoms with Gasteiger partial charge < -0.3 is 14.2 Å². The number of carbonyl (C=O) groups excluding carboxylic acids is 3. The van der Waals surface area contributed by atoms with Crippen LogP contribution in [0, 0.1) is 0 Å². The van der Waals surface area contributed by atoms with Crippen molar-refractivity contribution in [3.63, 3.8) is 0 Å². The van der Waals surface area contributed by atoms with Gasteiger partial charge in [-0.2, -0.15) is 0 Å². The maximum atomic E-state index is 12.8. The van der Waals surface area contributed by atoms with E-state index in [1.807, 2.05) is 0 Å². The Hall–Kier alpha value is -3.67. The molecule has 0 amide bonds. The monoisotopic (exact) mass is 959 g/mol. The van der Waals surface area contributed by atoms with E-state index in [4.69, 9.17) is 14.2 Å². The zero-order valence-electron chi connectivity index (χ0n) is 45.0. The Bertz CT molecular complexity index is 1380. The van der Waals surface area contributed by atoms with E-state index >= 15 is 0 Å². The van der Waals surface area contributed by atoms with E-state index in [1.165, 1.54) is 128 Å². The standard InChI is InChI=1S/C63H106O6/c1-4-7-10-13-16-18-20-22-24-26-27-28-29-30-31-32-33-34-35-37-38-40-42-44-47-50-53-56-62(65)68-59-60(58-67-61(64)55-52-49-46-15-12-9-6-3)69-63(66)57-54-51-48-45-43-41-39-36-25-23-21-19-17-14-11-8-5-2/h8,11,17,19-20,22-23,25-27,29-30,39,41,45,48,60H,4-7,9-10,12-16,18,21,24,28,31-38,40,42-44,46-47,49-59H2,1-3H3/b11-8-,19-17-,22-20-,25-23-,27-26-,30-29-,41-39-,48-45-. The van der Waals surface area contributed by atoms with Crippen molar-refractivity contribution in [1.29, 1.82) is 0 Å². The van der Waals surface area contributed by atoms with Gasteiger partial charge in [0.1, 0.15) is 13.2 Å². The van der Waals surface area contributed by atoms with E-state index in [0.717, 1.165) is 89.9 Å². The molecule has 0 radical (unpaired) electrons. The van der Waals surface area contributed by atoms with Crippen molar-refractivity contribution in [3.8, 4) is 0 Å². The molecular formula is C63H106O6. The molecular weight excluding hydrogens is 853 g/mol. The molecule has 0 N–H and O–H groups in total. The molecule has 0 aromatic rings. The molecule has 0 rings (SSSR count). The number of rotatable bonds is 51. The molecule has 0 aliphatic carbocycles. The van der Waals surface area contributed by atoms with E-state index in [1.54, 1.807) is 0 Å². The molecule has 1 atom stereocenters. The minimum absolute atomic E-state index is 0.100. The molecule has 6 nitrogen and oxygen atoms in total. The number of hydrogen-bond donors (Lipinski definition) is 0. The van der Waals surface area contributed by atoms with Gasteiger partial charge in [-0.1, -0.05) is 246 Å². The largest absolute Gasteiger partial charge is 0.462 e. The summed E-state index contributed by atoms with van der Waals surface area (Å²) in [7, 11) is 0. The van der Waals surface area contributed by atoms with E-state index < -0.39 is 6.10 Å². The van der Waals surface area contributed by atoms with Crippen molar-refractivity contribution < 1.29 is 28.6 Å². The lowest BCUT2D eigenvalue weighted by Crippen LogP contribution is -2.30. The first-order valence-electron chi connectivity index (χ1n) is 28.7. The van der Waals surface area contributed by atoms with Gasteiger partial charge in [0, 0.05) is 19.3 Å². The van der Waals surface area contributed by atoms with Gasteiger partial charge in [-0.3, -0.25) is 14.4 Å². The van der Waals surface area contributed by atoms with Gasteiger partial charge in [-0.25, -0.2) is 0 Å². The Labute approximate surface area is 426 Å². The van der Waals surface area contributed by atoms with Crippen LogP contribution >= 0.6 is 0 Å². The Morgan fingerprint density at radius 1 is 0.304 bits per heavy atom. The van der Waals surface area contributed by atoms with Crippen LogP contribution in [0.5, 0.6) is 0 Å². The highest BCUT2D eigenvalue weighted by molar-refractivity contribution is 5.71. The van der Waals surface area contributed by atoms with Crippen molar-refractivity contribution in [2.45, 2.75) is 271 Å². The molecule has 394 valence electrons.